The van der Waals surface area contributed by atoms with Crippen molar-refractivity contribution in [3.63, 3.8) is 0 Å². The molecule has 0 unspecified atom stereocenters. The number of benzene rings is 3. The third kappa shape index (κ3) is 5.50. The zero-order chi connectivity index (χ0) is 24.8. The van der Waals surface area contributed by atoms with Crippen LogP contribution in [0.1, 0.15) is 22.8 Å². The predicted molar refractivity (Wildman–Crippen MR) is 135 cm³/mol. The quantitative estimate of drug-likeness (QED) is 0.534. The number of rotatable bonds is 7. The minimum absolute atomic E-state index is 0.0646. The number of anilines is 3. The molecule has 8 nitrogen and oxygen atoms in total. The Bertz CT molecular complexity index is 1280. The molecule has 178 valence electrons. The van der Waals surface area contributed by atoms with Gasteiger partial charge in [-0.1, -0.05) is 30.4 Å². The number of hydrogen-bond acceptors (Lipinski definition) is 5. The van der Waals surface area contributed by atoms with Crippen LogP contribution < -0.4 is 25.0 Å². The topological polar surface area (TPSA) is 97.0 Å². The summed E-state index contributed by atoms with van der Waals surface area (Å²) in [5.74, 6) is 0.0771. The Morgan fingerprint density at radius 3 is 2.57 bits per heavy atom. The number of para-hydroxylation sites is 2. The van der Waals surface area contributed by atoms with Crippen LogP contribution in [0.25, 0.3) is 6.08 Å². The van der Waals surface area contributed by atoms with Gasteiger partial charge in [0.25, 0.3) is 11.8 Å². The summed E-state index contributed by atoms with van der Waals surface area (Å²) in [5, 5.41) is 5.51. The normalized spacial score (nSPS) is 12.6. The second-order valence-electron chi connectivity index (χ2n) is 7.78. The highest BCUT2D eigenvalue weighted by atomic mass is 16.5. The first kappa shape index (κ1) is 23.6. The Balaban J connectivity index is 1.38. The molecule has 0 fully saturated rings. The average molecular weight is 472 g/mol. The molecule has 8 heteroatoms. The average Bonchev–Trinajstić information content (AvgIpc) is 2.87. The lowest BCUT2D eigenvalue weighted by atomic mass is 10.1. The molecule has 0 aromatic heterocycles. The van der Waals surface area contributed by atoms with Gasteiger partial charge in [0.05, 0.1) is 18.5 Å². The van der Waals surface area contributed by atoms with Crippen LogP contribution in [-0.2, 0) is 9.59 Å². The monoisotopic (exact) mass is 471 g/mol. The van der Waals surface area contributed by atoms with Gasteiger partial charge in [0.15, 0.2) is 18.1 Å². The second-order valence-corrected chi connectivity index (χ2v) is 7.78. The van der Waals surface area contributed by atoms with Gasteiger partial charge in [-0.15, -0.1) is 0 Å². The van der Waals surface area contributed by atoms with E-state index in [1.54, 1.807) is 55.6 Å². The number of carbonyl (C=O) groups is 3. The first-order chi connectivity index (χ1) is 17.0. The van der Waals surface area contributed by atoms with E-state index in [9.17, 15) is 14.4 Å². The van der Waals surface area contributed by atoms with E-state index in [1.165, 1.54) is 4.90 Å². The molecule has 1 aliphatic heterocycles. The third-order valence-electron chi connectivity index (χ3n) is 5.34. The summed E-state index contributed by atoms with van der Waals surface area (Å²) in [5.41, 5.74) is 3.11. The molecule has 0 saturated carbocycles. The number of ether oxygens (including phenoxy) is 2. The maximum Gasteiger partial charge on any atom is 0.262 e. The Hall–Kier alpha value is -4.59. The summed E-state index contributed by atoms with van der Waals surface area (Å²) >= 11 is 0. The zero-order valence-electron chi connectivity index (χ0n) is 19.4. The van der Waals surface area contributed by atoms with E-state index in [4.69, 9.17) is 9.47 Å². The number of methoxy groups -OCH3 is 1. The maximum absolute atomic E-state index is 13.0. The van der Waals surface area contributed by atoms with Crippen molar-refractivity contribution in [3.8, 4) is 11.5 Å². The minimum atomic E-state index is -0.356. The lowest BCUT2D eigenvalue weighted by molar-refractivity contribution is -0.118. The third-order valence-corrected chi connectivity index (χ3v) is 5.34. The number of nitrogens with zero attached hydrogens (tertiary/aromatic N) is 1. The van der Waals surface area contributed by atoms with E-state index < -0.39 is 0 Å². The van der Waals surface area contributed by atoms with E-state index in [-0.39, 0.29) is 30.9 Å². The van der Waals surface area contributed by atoms with Gasteiger partial charge in [-0.3, -0.25) is 19.3 Å². The molecular formula is C27H25N3O5. The zero-order valence-corrected chi connectivity index (χ0v) is 19.4. The van der Waals surface area contributed by atoms with Gasteiger partial charge < -0.3 is 20.1 Å². The summed E-state index contributed by atoms with van der Waals surface area (Å²) in [6, 6.07) is 19.1. The first-order valence-electron chi connectivity index (χ1n) is 11.0. The van der Waals surface area contributed by atoms with E-state index in [0.29, 0.717) is 34.1 Å². The maximum atomic E-state index is 13.0. The van der Waals surface area contributed by atoms with Crippen molar-refractivity contribution in [2.75, 3.05) is 35.8 Å². The van der Waals surface area contributed by atoms with Gasteiger partial charge in [0.2, 0.25) is 5.91 Å². The number of carbonyl (C=O) groups excluding carboxylic acids is 3. The molecule has 0 spiro atoms. The van der Waals surface area contributed by atoms with Crippen molar-refractivity contribution in [1.29, 1.82) is 0 Å². The smallest absolute Gasteiger partial charge is 0.262 e. The summed E-state index contributed by atoms with van der Waals surface area (Å²) in [6.45, 7) is 1.65. The van der Waals surface area contributed by atoms with Crippen molar-refractivity contribution < 1.29 is 23.9 Å². The Morgan fingerprint density at radius 1 is 1.06 bits per heavy atom. The molecular weight excluding hydrogens is 446 g/mol. The van der Waals surface area contributed by atoms with Crippen molar-refractivity contribution in [3.05, 3.63) is 83.9 Å². The lowest BCUT2D eigenvalue weighted by Gasteiger charge is -2.29. The second kappa shape index (κ2) is 10.6. The van der Waals surface area contributed by atoms with E-state index in [1.807, 2.05) is 37.3 Å². The van der Waals surface area contributed by atoms with Gasteiger partial charge in [-0.25, -0.2) is 0 Å². The molecule has 0 saturated heterocycles. The molecule has 3 aromatic rings. The van der Waals surface area contributed by atoms with E-state index >= 15 is 0 Å². The van der Waals surface area contributed by atoms with Gasteiger partial charge in [0, 0.05) is 11.3 Å². The number of fused-ring (bicyclic) bond motifs is 1. The van der Waals surface area contributed by atoms with Crippen molar-refractivity contribution in [1.82, 2.24) is 0 Å². The Kier molecular flexibility index (Phi) is 7.11. The van der Waals surface area contributed by atoms with Crippen LogP contribution >= 0.6 is 0 Å². The lowest BCUT2D eigenvalue weighted by Crippen LogP contribution is -2.42. The summed E-state index contributed by atoms with van der Waals surface area (Å²) < 4.78 is 11.0. The number of nitrogens with one attached hydrogen (secondary N) is 2. The van der Waals surface area contributed by atoms with Gasteiger partial charge >= 0.3 is 0 Å². The Morgan fingerprint density at radius 2 is 1.83 bits per heavy atom. The standard InChI is InChI=1S/C27H25N3O5/c1-3-6-18-9-14-23(24(15-18)34-2)35-17-26(32)28-20-12-10-19(11-13-20)27(33)30-16-25(31)29-21-7-4-5-8-22(21)30/h3-15H,16-17H2,1-2H3,(H,28,32)(H,29,31)/b6-3+. The number of amides is 3. The molecule has 3 aromatic carbocycles. The molecule has 0 aliphatic carbocycles. The van der Waals surface area contributed by atoms with Crippen molar-refractivity contribution in [2.24, 2.45) is 0 Å². The van der Waals surface area contributed by atoms with Gasteiger partial charge in [-0.2, -0.15) is 0 Å². The molecule has 3 amide bonds. The fraction of sp³-hybridized carbons (Fsp3) is 0.148. The summed E-state index contributed by atoms with van der Waals surface area (Å²) in [7, 11) is 1.54. The highest BCUT2D eigenvalue weighted by molar-refractivity contribution is 6.15. The minimum Gasteiger partial charge on any atom is -0.493 e. The van der Waals surface area contributed by atoms with Crippen LogP contribution in [0.2, 0.25) is 0 Å². The molecule has 35 heavy (non-hydrogen) atoms. The van der Waals surface area contributed by atoms with Crippen LogP contribution in [0.3, 0.4) is 0 Å². The molecule has 0 radical (unpaired) electrons. The first-order valence-corrected chi connectivity index (χ1v) is 11.0. The fourth-order valence-electron chi connectivity index (χ4n) is 3.71. The van der Waals surface area contributed by atoms with Crippen molar-refractivity contribution in [2.45, 2.75) is 6.92 Å². The molecule has 1 heterocycles. The molecule has 0 bridgehead atoms. The molecule has 4 rings (SSSR count). The van der Waals surface area contributed by atoms with Crippen molar-refractivity contribution >= 4 is 40.9 Å². The highest BCUT2D eigenvalue weighted by Gasteiger charge is 2.27. The van der Waals surface area contributed by atoms with Gasteiger partial charge in [-0.05, 0) is 61.0 Å². The van der Waals surface area contributed by atoms with Crippen LogP contribution in [0, 0.1) is 0 Å². The fourth-order valence-corrected chi connectivity index (χ4v) is 3.71. The molecule has 2 N–H and O–H groups in total. The largest absolute Gasteiger partial charge is 0.493 e. The number of allylic oxidation sites excluding steroid dienone is 1. The van der Waals surface area contributed by atoms with Crippen LogP contribution in [0.15, 0.2) is 72.8 Å². The highest BCUT2D eigenvalue weighted by Crippen LogP contribution is 2.30. The SMILES string of the molecule is C/C=C/c1ccc(OCC(=O)Nc2ccc(C(=O)N3CC(=O)Nc4ccccc43)cc2)c(OC)c1. The number of hydrogen-bond donors (Lipinski definition) is 2. The van der Waals surface area contributed by atoms with Crippen LogP contribution in [0.5, 0.6) is 11.5 Å². The van der Waals surface area contributed by atoms with Gasteiger partial charge in [0.1, 0.15) is 6.54 Å². The predicted octanol–water partition coefficient (Wildman–Crippen LogP) is 4.34. The molecule has 1 aliphatic rings. The van der Waals surface area contributed by atoms with Crippen LogP contribution in [-0.4, -0.2) is 38.0 Å². The summed E-state index contributed by atoms with van der Waals surface area (Å²) in [6.07, 6.45) is 3.86. The van der Waals surface area contributed by atoms with Crippen LogP contribution in [0.4, 0.5) is 17.1 Å². The van der Waals surface area contributed by atoms with E-state index in [2.05, 4.69) is 10.6 Å². The van der Waals surface area contributed by atoms with E-state index in [0.717, 1.165) is 5.56 Å². The summed E-state index contributed by atoms with van der Waals surface area (Å²) in [4.78, 5) is 38.9. The molecule has 0 atom stereocenters. The Labute approximate surface area is 203 Å².